The van der Waals surface area contributed by atoms with Gasteiger partial charge in [-0.3, -0.25) is 9.59 Å². The molecule has 2 amide bonds. The minimum Gasteiger partial charge on any atom is -0.459 e. The fourth-order valence-corrected chi connectivity index (χ4v) is 2.38. The summed E-state index contributed by atoms with van der Waals surface area (Å²) in [5.41, 5.74) is 0. The second-order valence-corrected chi connectivity index (χ2v) is 4.95. The van der Waals surface area contributed by atoms with E-state index >= 15 is 0 Å². The van der Waals surface area contributed by atoms with Crippen molar-refractivity contribution >= 4 is 24.2 Å². The van der Waals surface area contributed by atoms with Crippen LogP contribution in [0.3, 0.4) is 0 Å². The number of nitrogens with zero attached hydrogens (tertiary/aromatic N) is 1. The average molecular weight is 316 g/mol. The van der Waals surface area contributed by atoms with Crippen molar-refractivity contribution < 1.29 is 14.0 Å². The zero-order valence-electron chi connectivity index (χ0n) is 12.1. The van der Waals surface area contributed by atoms with Crippen molar-refractivity contribution in [3.8, 4) is 0 Å². The zero-order chi connectivity index (χ0) is 14.4. The molecule has 1 saturated heterocycles. The summed E-state index contributed by atoms with van der Waals surface area (Å²) in [5.74, 6) is 0.0740. The van der Waals surface area contributed by atoms with Crippen LogP contribution in [0.1, 0.15) is 29.8 Å². The summed E-state index contributed by atoms with van der Waals surface area (Å²) in [6.07, 6.45) is 3.90. The maximum Gasteiger partial charge on any atom is 0.286 e. The zero-order valence-corrected chi connectivity index (χ0v) is 12.9. The molecular formula is C14H22ClN3O3. The second-order valence-electron chi connectivity index (χ2n) is 4.95. The first kappa shape index (κ1) is 17.5. The van der Waals surface area contributed by atoms with Crippen molar-refractivity contribution in [3.63, 3.8) is 0 Å². The summed E-state index contributed by atoms with van der Waals surface area (Å²) in [4.78, 5) is 25.5. The number of carbonyl (C=O) groups is 2. The standard InChI is InChI=1S/C14H21N3O3.ClH/c1-15-11-4-2-8-17(10-11)13(18)6-7-16-14(19)12-5-3-9-20-12;/h3,5,9,11,15H,2,4,6-8,10H2,1H3,(H,16,19);1H. The van der Waals surface area contributed by atoms with Crippen molar-refractivity contribution in [2.24, 2.45) is 0 Å². The molecule has 0 spiro atoms. The van der Waals surface area contributed by atoms with Gasteiger partial charge in [0.15, 0.2) is 5.76 Å². The van der Waals surface area contributed by atoms with Crippen LogP contribution in [-0.2, 0) is 4.79 Å². The summed E-state index contributed by atoms with van der Waals surface area (Å²) < 4.78 is 4.98. The van der Waals surface area contributed by atoms with E-state index < -0.39 is 0 Å². The van der Waals surface area contributed by atoms with Crippen LogP contribution in [0.15, 0.2) is 22.8 Å². The van der Waals surface area contributed by atoms with Crippen molar-refractivity contribution in [2.45, 2.75) is 25.3 Å². The molecule has 0 aromatic carbocycles. The third-order valence-electron chi connectivity index (χ3n) is 3.55. The normalized spacial score (nSPS) is 18.0. The van der Waals surface area contributed by atoms with Gasteiger partial charge in [0.25, 0.3) is 5.91 Å². The minimum absolute atomic E-state index is 0. The highest BCUT2D eigenvalue weighted by Gasteiger charge is 2.22. The largest absolute Gasteiger partial charge is 0.459 e. The van der Waals surface area contributed by atoms with Crippen LogP contribution in [-0.4, -0.2) is 49.4 Å². The molecule has 1 aliphatic heterocycles. The molecule has 21 heavy (non-hydrogen) atoms. The van der Waals surface area contributed by atoms with Crippen LogP contribution >= 0.6 is 12.4 Å². The van der Waals surface area contributed by atoms with Crippen LogP contribution in [0, 0.1) is 0 Å². The number of nitrogens with one attached hydrogen (secondary N) is 2. The second kappa shape index (κ2) is 8.69. The van der Waals surface area contributed by atoms with Gasteiger partial charge in [-0.1, -0.05) is 0 Å². The highest BCUT2D eigenvalue weighted by molar-refractivity contribution is 5.91. The van der Waals surface area contributed by atoms with Crippen LogP contribution in [0.2, 0.25) is 0 Å². The Morgan fingerprint density at radius 2 is 2.29 bits per heavy atom. The molecule has 118 valence electrons. The van der Waals surface area contributed by atoms with Crippen molar-refractivity contribution in [1.82, 2.24) is 15.5 Å². The molecule has 6 nitrogen and oxygen atoms in total. The van der Waals surface area contributed by atoms with Gasteiger partial charge in [0.1, 0.15) is 0 Å². The minimum atomic E-state index is -0.283. The quantitative estimate of drug-likeness (QED) is 0.851. The third kappa shape index (κ3) is 5.06. The lowest BCUT2D eigenvalue weighted by Gasteiger charge is -2.32. The lowest BCUT2D eigenvalue weighted by atomic mass is 10.1. The van der Waals surface area contributed by atoms with Crippen LogP contribution in [0.25, 0.3) is 0 Å². The molecule has 1 unspecified atom stereocenters. The number of halogens is 1. The van der Waals surface area contributed by atoms with E-state index in [-0.39, 0.29) is 30.0 Å². The van der Waals surface area contributed by atoms with Crippen LogP contribution in [0.5, 0.6) is 0 Å². The number of likely N-dealkylation sites (tertiary alicyclic amines) is 1. The van der Waals surface area contributed by atoms with Gasteiger partial charge in [-0.05, 0) is 32.0 Å². The van der Waals surface area contributed by atoms with Crippen molar-refractivity contribution in [1.29, 1.82) is 0 Å². The Morgan fingerprint density at radius 1 is 1.48 bits per heavy atom. The smallest absolute Gasteiger partial charge is 0.286 e. The van der Waals surface area contributed by atoms with Gasteiger partial charge in [-0.25, -0.2) is 0 Å². The number of carbonyl (C=O) groups excluding carboxylic acids is 2. The average Bonchev–Trinajstić information content (AvgIpc) is 3.01. The number of hydrogen-bond acceptors (Lipinski definition) is 4. The highest BCUT2D eigenvalue weighted by atomic mass is 35.5. The number of likely N-dealkylation sites (N-methyl/N-ethyl adjacent to an activating group) is 1. The van der Waals surface area contributed by atoms with E-state index in [9.17, 15) is 9.59 Å². The number of rotatable bonds is 5. The fourth-order valence-electron chi connectivity index (χ4n) is 2.38. The molecule has 0 bridgehead atoms. The Labute approximate surface area is 130 Å². The number of piperidine rings is 1. The first-order chi connectivity index (χ1) is 9.70. The Hall–Kier alpha value is -1.53. The third-order valence-corrected chi connectivity index (χ3v) is 3.55. The predicted molar refractivity (Wildman–Crippen MR) is 81.6 cm³/mol. The van der Waals surface area contributed by atoms with E-state index in [0.29, 0.717) is 19.0 Å². The van der Waals surface area contributed by atoms with Gasteiger partial charge in [0, 0.05) is 32.1 Å². The summed E-state index contributed by atoms with van der Waals surface area (Å²) in [5, 5.41) is 5.89. The highest BCUT2D eigenvalue weighted by Crippen LogP contribution is 2.10. The Morgan fingerprint density at radius 3 is 2.95 bits per heavy atom. The molecule has 1 atom stereocenters. The summed E-state index contributed by atoms with van der Waals surface area (Å²) >= 11 is 0. The first-order valence-corrected chi connectivity index (χ1v) is 6.97. The molecule has 0 saturated carbocycles. The topological polar surface area (TPSA) is 74.6 Å². The molecule has 2 N–H and O–H groups in total. The van der Waals surface area contributed by atoms with E-state index in [1.807, 2.05) is 11.9 Å². The van der Waals surface area contributed by atoms with E-state index in [0.717, 1.165) is 25.9 Å². The summed E-state index contributed by atoms with van der Waals surface area (Å²) in [6.45, 7) is 1.89. The monoisotopic (exact) mass is 315 g/mol. The maximum absolute atomic E-state index is 12.1. The van der Waals surface area contributed by atoms with Gasteiger partial charge < -0.3 is 20.0 Å². The molecular weight excluding hydrogens is 294 g/mol. The maximum atomic E-state index is 12.1. The van der Waals surface area contributed by atoms with Crippen LogP contribution < -0.4 is 10.6 Å². The summed E-state index contributed by atoms with van der Waals surface area (Å²) in [7, 11) is 1.92. The summed E-state index contributed by atoms with van der Waals surface area (Å²) in [6, 6.07) is 3.63. The fraction of sp³-hybridized carbons (Fsp3) is 0.571. The molecule has 7 heteroatoms. The first-order valence-electron chi connectivity index (χ1n) is 6.97. The molecule has 1 aromatic heterocycles. The Balaban J connectivity index is 0.00000220. The molecule has 1 aliphatic rings. The SMILES string of the molecule is CNC1CCCN(C(=O)CCNC(=O)c2ccco2)C1.Cl. The van der Waals surface area contributed by atoms with Crippen molar-refractivity contribution in [3.05, 3.63) is 24.2 Å². The molecule has 1 fully saturated rings. The number of furan rings is 1. The number of amides is 2. The van der Waals surface area contributed by atoms with Gasteiger partial charge in [-0.2, -0.15) is 0 Å². The van der Waals surface area contributed by atoms with E-state index in [4.69, 9.17) is 4.42 Å². The van der Waals surface area contributed by atoms with E-state index in [1.54, 1.807) is 12.1 Å². The molecule has 2 rings (SSSR count). The molecule has 0 radical (unpaired) electrons. The lowest BCUT2D eigenvalue weighted by Crippen LogP contribution is -2.47. The molecule has 0 aliphatic carbocycles. The Bertz CT molecular complexity index is 450. The van der Waals surface area contributed by atoms with E-state index in [2.05, 4.69) is 10.6 Å². The molecule has 1 aromatic rings. The van der Waals surface area contributed by atoms with E-state index in [1.165, 1.54) is 6.26 Å². The molecule has 2 heterocycles. The van der Waals surface area contributed by atoms with Crippen molar-refractivity contribution in [2.75, 3.05) is 26.7 Å². The van der Waals surface area contributed by atoms with Gasteiger partial charge in [-0.15, -0.1) is 12.4 Å². The predicted octanol–water partition coefficient (Wildman–Crippen LogP) is 1.03. The van der Waals surface area contributed by atoms with Gasteiger partial charge in [0.2, 0.25) is 5.91 Å². The van der Waals surface area contributed by atoms with Gasteiger partial charge >= 0.3 is 0 Å². The van der Waals surface area contributed by atoms with Gasteiger partial charge in [0.05, 0.1) is 6.26 Å². The van der Waals surface area contributed by atoms with Crippen LogP contribution in [0.4, 0.5) is 0 Å². The number of hydrogen-bond donors (Lipinski definition) is 2. The Kier molecular flexibility index (Phi) is 7.25. The lowest BCUT2D eigenvalue weighted by molar-refractivity contribution is -0.132.